The first-order chi connectivity index (χ1) is 11.8. The van der Waals surface area contributed by atoms with Gasteiger partial charge in [0.05, 0.1) is 0 Å². The van der Waals surface area contributed by atoms with Crippen LogP contribution in [0.25, 0.3) is 0 Å². The van der Waals surface area contributed by atoms with E-state index in [2.05, 4.69) is 25.4 Å². The highest BCUT2D eigenvalue weighted by molar-refractivity contribution is 8.05. The second-order valence-electron chi connectivity index (χ2n) is 5.00. The van der Waals surface area contributed by atoms with Crippen molar-refractivity contribution in [3.05, 3.63) is 25.3 Å². The Morgan fingerprint density at radius 3 is 1.73 bits per heavy atom. The summed E-state index contributed by atoms with van der Waals surface area (Å²) in [5, 5.41) is 4.20. The summed E-state index contributed by atoms with van der Waals surface area (Å²) in [6, 6.07) is 0. The Labute approximate surface area is 154 Å². The first-order valence-electron chi connectivity index (χ1n) is 7.61. The van der Waals surface area contributed by atoms with E-state index in [1.807, 2.05) is 0 Å². The number of hydrogen-bond acceptors (Lipinski definition) is 6. The van der Waals surface area contributed by atoms with Crippen molar-refractivity contribution < 1.29 is 35.5 Å². The zero-order valence-corrected chi connectivity index (χ0v) is 16.4. The smallest absolute Gasteiger partial charge is 0.306 e. The molecule has 152 valence electrons. The summed E-state index contributed by atoms with van der Waals surface area (Å²) in [5.41, 5.74) is 0. The molecule has 0 aromatic heterocycles. The summed E-state index contributed by atoms with van der Waals surface area (Å²) in [7, 11) is -10.5. The van der Waals surface area contributed by atoms with Gasteiger partial charge in [-0.3, -0.25) is 18.7 Å². The monoisotopic (exact) mass is 414 g/mol. The Bertz CT molecular complexity index is 666. The first kappa shape index (κ1) is 26.5. The maximum absolute atomic E-state index is 11.1. The Morgan fingerprint density at radius 2 is 1.42 bits per heavy atom. The molecule has 0 aliphatic carbocycles. The van der Waals surface area contributed by atoms with Gasteiger partial charge < -0.3 is 10.6 Å². The third kappa shape index (κ3) is 8.56. The molecule has 0 fully saturated rings. The van der Waals surface area contributed by atoms with Crippen molar-refractivity contribution in [2.75, 3.05) is 6.54 Å². The van der Waals surface area contributed by atoms with Gasteiger partial charge in [0.15, 0.2) is 0 Å². The molecule has 0 saturated carbocycles. The van der Waals surface area contributed by atoms with Crippen molar-refractivity contribution in [1.82, 2.24) is 10.6 Å². The molecule has 0 rings (SSSR count). The van der Waals surface area contributed by atoms with Crippen LogP contribution >= 0.6 is 0 Å². The molecule has 0 aliphatic rings. The molecule has 26 heavy (non-hydrogen) atoms. The molecule has 0 heterocycles. The standard InChI is InChI=1S/C7H13NO7S2.C7H13NO/c1-3-5-7(16(10,11)12,17(13,14)15)8-6(9)4-2;1-3-5-6-8-7(9)4-2/h4H,2-3,5H2,1H3,(H,8,9)(H,10,11,12)(H,13,14,15);4H,2-3,5-6H2,1H3,(H,8,9). The zero-order valence-electron chi connectivity index (χ0n) is 14.8. The fourth-order valence-corrected chi connectivity index (χ4v) is 4.06. The van der Waals surface area contributed by atoms with Crippen molar-refractivity contribution in [3.8, 4) is 0 Å². The van der Waals surface area contributed by atoms with Crippen molar-refractivity contribution in [2.24, 2.45) is 0 Å². The number of carbonyl (C=O) groups is 2. The third-order valence-corrected chi connectivity index (χ3v) is 6.47. The lowest BCUT2D eigenvalue weighted by Crippen LogP contribution is -2.58. The molecule has 10 nitrogen and oxygen atoms in total. The van der Waals surface area contributed by atoms with Crippen LogP contribution in [0, 0.1) is 0 Å². The van der Waals surface area contributed by atoms with Crippen LogP contribution in [0.5, 0.6) is 0 Å². The lowest BCUT2D eigenvalue weighted by atomic mass is 10.3. The average Bonchev–Trinajstić information content (AvgIpc) is 2.52. The largest absolute Gasteiger partial charge is 0.353 e. The number of nitrogens with one attached hydrogen (secondary N) is 2. The molecule has 0 saturated heterocycles. The average molecular weight is 415 g/mol. The highest BCUT2D eigenvalue weighted by Gasteiger charge is 2.55. The Balaban J connectivity index is 0. The van der Waals surface area contributed by atoms with Crippen LogP contribution in [0.4, 0.5) is 0 Å². The summed E-state index contributed by atoms with van der Waals surface area (Å²) in [5.74, 6) is -1.24. The molecule has 0 bridgehead atoms. The van der Waals surface area contributed by atoms with Gasteiger partial charge in [0.25, 0.3) is 4.20 Å². The minimum Gasteiger partial charge on any atom is -0.353 e. The summed E-state index contributed by atoms with van der Waals surface area (Å²) < 4.78 is 59.1. The van der Waals surface area contributed by atoms with Crippen LogP contribution in [0.1, 0.15) is 39.5 Å². The van der Waals surface area contributed by atoms with Gasteiger partial charge in [-0.05, 0) is 18.6 Å². The van der Waals surface area contributed by atoms with Gasteiger partial charge in [-0.15, -0.1) is 0 Å². The number of rotatable bonds is 10. The van der Waals surface area contributed by atoms with E-state index in [1.54, 1.807) is 0 Å². The Kier molecular flexibility index (Phi) is 12.0. The fourth-order valence-electron chi connectivity index (χ4n) is 1.61. The van der Waals surface area contributed by atoms with Crippen molar-refractivity contribution in [2.45, 2.75) is 43.7 Å². The van der Waals surface area contributed by atoms with Crippen LogP contribution in [0.2, 0.25) is 0 Å². The number of unbranched alkanes of at least 4 members (excludes halogenated alkanes) is 1. The Morgan fingerprint density at radius 1 is 0.962 bits per heavy atom. The molecule has 0 aliphatic heterocycles. The molecule has 0 atom stereocenters. The number of amides is 2. The molecule has 0 aromatic carbocycles. The maximum Gasteiger partial charge on any atom is 0.306 e. The SMILES string of the molecule is C=CC(=O)NC(CCC)(S(=O)(=O)O)S(=O)(=O)O.C=CC(=O)NCCCC. The summed E-state index contributed by atoms with van der Waals surface area (Å²) in [6.45, 7) is 10.6. The van der Waals surface area contributed by atoms with E-state index in [0.29, 0.717) is 6.08 Å². The van der Waals surface area contributed by atoms with Gasteiger partial charge in [-0.1, -0.05) is 39.8 Å². The van der Waals surface area contributed by atoms with Crippen LogP contribution in [-0.2, 0) is 29.8 Å². The van der Waals surface area contributed by atoms with Crippen LogP contribution in [-0.4, -0.2) is 48.5 Å². The molecule has 2 amide bonds. The normalized spacial score (nSPS) is 11.5. The van der Waals surface area contributed by atoms with Crippen LogP contribution in [0.3, 0.4) is 0 Å². The van der Waals surface area contributed by atoms with Gasteiger partial charge in [0, 0.05) is 13.0 Å². The van der Waals surface area contributed by atoms with E-state index >= 15 is 0 Å². The van der Waals surface area contributed by atoms with E-state index < -0.39 is 36.8 Å². The number of hydrogen-bond donors (Lipinski definition) is 4. The molecule has 0 spiro atoms. The maximum atomic E-state index is 11.1. The lowest BCUT2D eigenvalue weighted by molar-refractivity contribution is -0.117. The molecule has 4 N–H and O–H groups in total. The quantitative estimate of drug-likeness (QED) is 0.229. The predicted octanol–water partition coefficient (Wildman–Crippen LogP) is 0.607. The fraction of sp³-hybridized carbons (Fsp3) is 0.571. The summed E-state index contributed by atoms with van der Waals surface area (Å²) in [6.07, 6.45) is 3.31. The van der Waals surface area contributed by atoms with E-state index in [0.717, 1.165) is 19.4 Å². The van der Waals surface area contributed by atoms with Gasteiger partial charge in [0.1, 0.15) is 0 Å². The van der Waals surface area contributed by atoms with E-state index in [9.17, 15) is 26.4 Å². The first-order valence-corrected chi connectivity index (χ1v) is 10.5. The van der Waals surface area contributed by atoms with E-state index in [-0.39, 0.29) is 12.3 Å². The van der Waals surface area contributed by atoms with Gasteiger partial charge in [-0.2, -0.15) is 16.8 Å². The summed E-state index contributed by atoms with van der Waals surface area (Å²) in [4.78, 5) is 21.5. The van der Waals surface area contributed by atoms with Gasteiger partial charge in [-0.25, -0.2) is 0 Å². The van der Waals surface area contributed by atoms with E-state index in [1.165, 1.54) is 18.3 Å². The molecule has 12 heteroatoms. The molecule has 0 unspecified atom stereocenters. The summed E-state index contributed by atoms with van der Waals surface area (Å²) >= 11 is 0. The lowest BCUT2D eigenvalue weighted by Gasteiger charge is -2.27. The highest BCUT2D eigenvalue weighted by Crippen LogP contribution is 2.25. The number of carbonyl (C=O) groups excluding carboxylic acids is 2. The van der Waals surface area contributed by atoms with Crippen LogP contribution < -0.4 is 10.6 Å². The molecule has 0 radical (unpaired) electrons. The second kappa shape index (κ2) is 11.8. The van der Waals surface area contributed by atoms with Crippen molar-refractivity contribution in [1.29, 1.82) is 0 Å². The minimum absolute atomic E-state index is 0.0308. The third-order valence-electron chi connectivity index (χ3n) is 2.93. The molecule has 0 aromatic rings. The minimum atomic E-state index is -5.27. The molecular formula is C14H26N2O8S2. The van der Waals surface area contributed by atoms with Gasteiger partial charge in [0.2, 0.25) is 11.8 Å². The van der Waals surface area contributed by atoms with Gasteiger partial charge >= 0.3 is 20.2 Å². The van der Waals surface area contributed by atoms with Crippen molar-refractivity contribution >= 4 is 32.1 Å². The van der Waals surface area contributed by atoms with Crippen LogP contribution in [0.15, 0.2) is 25.3 Å². The Hall–Kier alpha value is -1.76. The highest BCUT2D eigenvalue weighted by atomic mass is 32.3. The second-order valence-corrected chi connectivity index (χ2v) is 8.55. The predicted molar refractivity (Wildman–Crippen MR) is 97.2 cm³/mol. The molecular weight excluding hydrogens is 388 g/mol. The topological polar surface area (TPSA) is 167 Å². The zero-order chi connectivity index (χ0) is 21.0. The van der Waals surface area contributed by atoms with Crippen molar-refractivity contribution in [3.63, 3.8) is 0 Å². The van der Waals surface area contributed by atoms with E-state index in [4.69, 9.17) is 9.11 Å².